The molecule has 18 heavy (non-hydrogen) atoms. The summed E-state index contributed by atoms with van der Waals surface area (Å²) in [5, 5.41) is 0. The highest BCUT2D eigenvalue weighted by Crippen LogP contribution is 2.17. The van der Waals surface area contributed by atoms with Crippen molar-refractivity contribution in [2.45, 2.75) is 45.1 Å². The van der Waals surface area contributed by atoms with E-state index in [2.05, 4.69) is 19.1 Å². The van der Waals surface area contributed by atoms with Crippen molar-refractivity contribution in [3.63, 3.8) is 0 Å². The van der Waals surface area contributed by atoms with E-state index in [9.17, 15) is 9.59 Å². The summed E-state index contributed by atoms with van der Waals surface area (Å²) >= 11 is 0. The molecule has 2 aliphatic rings. The first-order chi connectivity index (χ1) is 8.72. The van der Waals surface area contributed by atoms with E-state index >= 15 is 0 Å². The minimum atomic E-state index is 0.0938. The Balaban J connectivity index is 1.86. The molecule has 1 saturated heterocycles. The highest BCUT2D eigenvalue weighted by Gasteiger charge is 2.28. The second kappa shape index (κ2) is 6.03. The van der Waals surface area contributed by atoms with E-state index in [1.165, 1.54) is 0 Å². The van der Waals surface area contributed by atoms with Crippen molar-refractivity contribution in [1.82, 2.24) is 9.80 Å². The summed E-state index contributed by atoms with van der Waals surface area (Å²) in [6.07, 6.45) is 9.00. The van der Waals surface area contributed by atoms with Crippen molar-refractivity contribution in [1.29, 1.82) is 0 Å². The molecule has 1 fully saturated rings. The number of carbonyl (C=O) groups excluding carboxylic acids is 2. The zero-order chi connectivity index (χ0) is 13.0. The van der Waals surface area contributed by atoms with Crippen LogP contribution < -0.4 is 0 Å². The van der Waals surface area contributed by atoms with Gasteiger partial charge >= 0.3 is 0 Å². The second-order valence-electron chi connectivity index (χ2n) is 5.10. The van der Waals surface area contributed by atoms with Gasteiger partial charge in [-0.1, -0.05) is 31.9 Å². The maximum absolute atomic E-state index is 12.2. The molecule has 2 aliphatic heterocycles. The largest absolute Gasteiger partial charge is 0.333 e. The lowest BCUT2D eigenvalue weighted by Crippen LogP contribution is -2.43. The number of hydrogen-bond donors (Lipinski definition) is 0. The van der Waals surface area contributed by atoms with Crippen LogP contribution >= 0.6 is 0 Å². The topological polar surface area (TPSA) is 40.6 Å². The van der Waals surface area contributed by atoms with Gasteiger partial charge in [0.05, 0.1) is 12.6 Å². The average Bonchev–Trinajstić information content (AvgIpc) is 2.96. The summed E-state index contributed by atoms with van der Waals surface area (Å²) in [6, 6.07) is 0.246. The molecule has 4 nitrogen and oxygen atoms in total. The third-order valence-electron chi connectivity index (χ3n) is 3.73. The Kier molecular flexibility index (Phi) is 4.39. The summed E-state index contributed by atoms with van der Waals surface area (Å²) in [4.78, 5) is 27.3. The first-order valence-corrected chi connectivity index (χ1v) is 6.96. The highest BCUT2D eigenvalue weighted by atomic mass is 16.2. The van der Waals surface area contributed by atoms with Crippen LogP contribution in [0.15, 0.2) is 12.2 Å². The van der Waals surface area contributed by atoms with E-state index in [0.29, 0.717) is 13.0 Å². The van der Waals surface area contributed by atoms with Gasteiger partial charge in [0.15, 0.2) is 0 Å². The third-order valence-corrected chi connectivity index (χ3v) is 3.73. The van der Waals surface area contributed by atoms with Gasteiger partial charge < -0.3 is 9.80 Å². The molecule has 0 aromatic rings. The Morgan fingerprint density at radius 2 is 2.33 bits per heavy atom. The van der Waals surface area contributed by atoms with Crippen LogP contribution in [0.5, 0.6) is 0 Å². The number of hydrogen-bond acceptors (Lipinski definition) is 2. The van der Waals surface area contributed by atoms with Gasteiger partial charge in [-0.3, -0.25) is 9.59 Å². The van der Waals surface area contributed by atoms with Crippen molar-refractivity contribution in [2.75, 3.05) is 19.6 Å². The van der Waals surface area contributed by atoms with Crippen LogP contribution in [0.25, 0.3) is 0 Å². The zero-order valence-corrected chi connectivity index (χ0v) is 11.1. The van der Waals surface area contributed by atoms with E-state index in [0.717, 1.165) is 32.2 Å². The fourth-order valence-electron chi connectivity index (χ4n) is 2.65. The Bertz CT molecular complexity index is 352. The van der Waals surface area contributed by atoms with Crippen molar-refractivity contribution in [2.24, 2.45) is 0 Å². The molecule has 0 N–H and O–H groups in total. The van der Waals surface area contributed by atoms with Gasteiger partial charge in [0.2, 0.25) is 11.8 Å². The highest BCUT2D eigenvalue weighted by molar-refractivity contribution is 5.86. The molecule has 0 spiro atoms. The molecule has 0 bridgehead atoms. The molecule has 100 valence electrons. The summed E-state index contributed by atoms with van der Waals surface area (Å²) in [5.74, 6) is 0.219. The first-order valence-electron chi connectivity index (χ1n) is 6.96. The van der Waals surface area contributed by atoms with Gasteiger partial charge in [0.1, 0.15) is 0 Å². The molecule has 0 radical (unpaired) electrons. The standard InChI is InChI=1S/C14H22N2O2/c1-2-3-6-12-7-4-10-16(12)14(18)11-15-9-5-8-13(15)17/h4,7,12H,2-3,5-6,8-11H2,1H3. The van der Waals surface area contributed by atoms with Gasteiger partial charge in [-0.2, -0.15) is 0 Å². The SMILES string of the molecule is CCCCC1C=CCN1C(=O)CN1CCCC1=O. The molecule has 4 heteroatoms. The Hall–Kier alpha value is -1.32. The third kappa shape index (κ3) is 2.92. The molecule has 1 atom stereocenters. The predicted octanol–water partition coefficient (Wildman–Crippen LogP) is 1.57. The molecular weight excluding hydrogens is 228 g/mol. The van der Waals surface area contributed by atoms with Gasteiger partial charge in [0, 0.05) is 19.5 Å². The summed E-state index contributed by atoms with van der Waals surface area (Å²) in [6.45, 7) is 3.87. The number of nitrogens with zero attached hydrogens (tertiary/aromatic N) is 2. The molecule has 2 amide bonds. The molecule has 0 aromatic carbocycles. The Morgan fingerprint density at radius 1 is 1.50 bits per heavy atom. The molecule has 0 aromatic heterocycles. The van der Waals surface area contributed by atoms with E-state index in [1.807, 2.05) is 4.90 Å². The van der Waals surface area contributed by atoms with Gasteiger partial charge in [-0.25, -0.2) is 0 Å². The minimum Gasteiger partial charge on any atom is -0.333 e. The Labute approximate surface area is 109 Å². The average molecular weight is 250 g/mol. The quantitative estimate of drug-likeness (QED) is 0.695. The molecule has 2 rings (SSSR count). The summed E-state index contributed by atoms with van der Waals surface area (Å²) in [5.41, 5.74) is 0. The van der Waals surface area contributed by atoms with E-state index in [4.69, 9.17) is 0 Å². The van der Waals surface area contributed by atoms with Crippen LogP contribution in [0.4, 0.5) is 0 Å². The van der Waals surface area contributed by atoms with Crippen molar-refractivity contribution < 1.29 is 9.59 Å². The van der Waals surface area contributed by atoms with Crippen LogP contribution in [-0.2, 0) is 9.59 Å². The number of unbranched alkanes of at least 4 members (excludes halogenated alkanes) is 1. The number of amides is 2. The molecule has 0 aliphatic carbocycles. The zero-order valence-electron chi connectivity index (χ0n) is 11.1. The van der Waals surface area contributed by atoms with Crippen LogP contribution in [0.2, 0.25) is 0 Å². The lowest BCUT2D eigenvalue weighted by atomic mass is 10.1. The minimum absolute atomic E-state index is 0.0938. The van der Waals surface area contributed by atoms with Gasteiger partial charge in [0.25, 0.3) is 0 Å². The maximum atomic E-state index is 12.2. The van der Waals surface area contributed by atoms with E-state index in [-0.39, 0.29) is 24.4 Å². The van der Waals surface area contributed by atoms with E-state index < -0.39 is 0 Å². The second-order valence-corrected chi connectivity index (χ2v) is 5.10. The van der Waals surface area contributed by atoms with Crippen molar-refractivity contribution in [3.05, 3.63) is 12.2 Å². The number of rotatable bonds is 5. The molecule has 0 saturated carbocycles. The Morgan fingerprint density at radius 3 is 3.00 bits per heavy atom. The lowest BCUT2D eigenvalue weighted by Gasteiger charge is -2.27. The van der Waals surface area contributed by atoms with Crippen LogP contribution in [-0.4, -0.2) is 47.3 Å². The number of likely N-dealkylation sites (tertiary alicyclic amines) is 1. The van der Waals surface area contributed by atoms with Gasteiger partial charge in [-0.15, -0.1) is 0 Å². The van der Waals surface area contributed by atoms with Crippen molar-refractivity contribution in [3.8, 4) is 0 Å². The summed E-state index contributed by atoms with van der Waals surface area (Å²) < 4.78 is 0. The molecular formula is C14H22N2O2. The first kappa shape index (κ1) is 13.1. The van der Waals surface area contributed by atoms with Crippen LogP contribution in [0, 0.1) is 0 Å². The van der Waals surface area contributed by atoms with Gasteiger partial charge in [-0.05, 0) is 12.8 Å². The fourth-order valence-corrected chi connectivity index (χ4v) is 2.65. The maximum Gasteiger partial charge on any atom is 0.242 e. The molecule has 1 unspecified atom stereocenters. The predicted molar refractivity (Wildman–Crippen MR) is 70.0 cm³/mol. The fraction of sp³-hybridized carbons (Fsp3) is 0.714. The summed E-state index contributed by atoms with van der Waals surface area (Å²) in [7, 11) is 0. The van der Waals surface area contributed by atoms with Crippen LogP contribution in [0.1, 0.15) is 39.0 Å². The smallest absolute Gasteiger partial charge is 0.242 e. The number of carbonyl (C=O) groups is 2. The molecule has 2 heterocycles. The normalized spacial score (nSPS) is 23.2. The van der Waals surface area contributed by atoms with Crippen molar-refractivity contribution >= 4 is 11.8 Å². The van der Waals surface area contributed by atoms with Crippen LogP contribution in [0.3, 0.4) is 0 Å². The lowest BCUT2D eigenvalue weighted by molar-refractivity contribution is -0.138. The monoisotopic (exact) mass is 250 g/mol. The van der Waals surface area contributed by atoms with E-state index in [1.54, 1.807) is 4.90 Å².